The summed E-state index contributed by atoms with van der Waals surface area (Å²) in [6.07, 6.45) is 5.75. The van der Waals surface area contributed by atoms with Crippen molar-refractivity contribution in [3.63, 3.8) is 0 Å². The molecule has 0 aromatic carbocycles. The predicted octanol–water partition coefficient (Wildman–Crippen LogP) is 3.34. The first-order valence-electron chi connectivity index (χ1n) is 8.81. The number of ether oxygens (including phenoxy) is 1. The van der Waals surface area contributed by atoms with E-state index < -0.39 is 0 Å². The molecule has 0 bridgehead atoms. The van der Waals surface area contributed by atoms with Crippen molar-refractivity contribution >= 4 is 5.91 Å². The molecule has 0 aliphatic heterocycles. The molecule has 0 radical (unpaired) electrons. The molecule has 0 atom stereocenters. The Hall–Kier alpha value is -1.65. The molecule has 1 aliphatic rings. The van der Waals surface area contributed by atoms with Gasteiger partial charge in [0.25, 0.3) is 0 Å². The van der Waals surface area contributed by atoms with Crippen LogP contribution in [0, 0.1) is 19.8 Å². The molecule has 23 heavy (non-hydrogen) atoms. The number of nitrogens with one attached hydrogen (secondary N) is 1. The van der Waals surface area contributed by atoms with Crippen LogP contribution in [-0.2, 0) is 4.79 Å². The lowest BCUT2D eigenvalue weighted by Crippen LogP contribution is -2.42. The van der Waals surface area contributed by atoms with Gasteiger partial charge in [-0.3, -0.25) is 4.79 Å². The fourth-order valence-electron chi connectivity index (χ4n) is 3.20. The number of hydrogen-bond donors (Lipinski definition) is 1. The van der Waals surface area contributed by atoms with E-state index in [4.69, 9.17) is 4.74 Å². The van der Waals surface area contributed by atoms with Crippen LogP contribution in [0.1, 0.15) is 63.8 Å². The van der Waals surface area contributed by atoms with Gasteiger partial charge in [-0.05, 0) is 58.4 Å². The minimum atomic E-state index is 0.146. The summed E-state index contributed by atoms with van der Waals surface area (Å²) in [5.74, 6) is 0.352. The average molecular weight is 319 g/mol. The Morgan fingerprint density at radius 3 is 2.26 bits per heavy atom. The van der Waals surface area contributed by atoms with Crippen molar-refractivity contribution in [3.8, 4) is 6.01 Å². The smallest absolute Gasteiger partial charge is 0.317 e. The molecule has 0 unspecified atom stereocenters. The standard InChI is InChI=1S/C18H29N3O2/c1-5-14(6-2)17(22)21-15-7-9-16(10-8-15)23-18-19-12(3)11-13(4)20-18/h11,14-16H,5-10H2,1-4H3,(H,21,22). The maximum Gasteiger partial charge on any atom is 0.317 e. The second-order valence-corrected chi connectivity index (χ2v) is 6.55. The topological polar surface area (TPSA) is 64.1 Å². The van der Waals surface area contributed by atoms with Gasteiger partial charge in [-0.15, -0.1) is 0 Å². The highest BCUT2D eigenvalue weighted by Crippen LogP contribution is 2.23. The second-order valence-electron chi connectivity index (χ2n) is 6.55. The minimum Gasteiger partial charge on any atom is -0.460 e. The highest BCUT2D eigenvalue weighted by molar-refractivity contribution is 5.78. The number of carbonyl (C=O) groups is 1. The third-order valence-electron chi connectivity index (χ3n) is 4.61. The van der Waals surface area contributed by atoms with Crippen molar-refractivity contribution in [2.24, 2.45) is 5.92 Å². The molecule has 5 nitrogen and oxygen atoms in total. The third-order valence-corrected chi connectivity index (χ3v) is 4.61. The molecule has 1 aliphatic carbocycles. The molecule has 0 spiro atoms. The Bertz CT molecular complexity index is 501. The van der Waals surface area contributed by atoms with Gasteiger partial charge in [-0.2, -0.15) is 0 Å². The fraction of sp³-hybridized carbons (Fsp3) is 0.722. The molecule has 1 heterocycles. The molecule has 128 valence electrons. The summed E-state index contributed by atoms with van der Waals surface area (Å²) in [7, 11) is 0. The van der Waals surface area contributed by atoms with Gasteiger partial charge in [0.1, 0.15) is 6.10 Å². The van der Waals surface area contributed by atoms with E-state index in [2.05, 4.69) is 29.1 Å². The molecule has 1 amide bonds. The van der Waals surface area contributed by atoms with E-state index in [1.54, 1.807) is 0 Å². The van der Waals surface area contributed by atoms with Gasteiger partial charge < -0.3 is 10.1 Å². The van der Waals surface area contributed by atoms with E-state index in [1.165, 1.54) is 0 Å². The van der Waals surface area contributed by atoms with Crippen LogP contribution in [-0.4, -0.2) is 28.0 Å². The zero-order valence-electron chi connectivity index (χ0n) is 14.8. The van der Waals surface area contributed by atoms with Crippen LogP contribution in [0.2, 0.25) is 0 Å². The van der Waals surface area contributed by atoms with E-state index in [0.717, 1.165) is 49.9 Å². The Kier molecular flexibility index (Phi) is 6.37. The van der Waals surface area contributed by atoms with E-state index in [0.29, 0.717) is 6.01 Å². The summed E-state index contributed by atoms with van der Waals surface area (Å²) < 4.78 is 5.93. The number of amides is 1. The normalized spacial score (nSPS) is 21.3. The summed E-state index contributed by atoms with van der Waals surface area (Å²) in [5.41, 5.74) is 1.86. The highest BCUT2D eigenvalue weighted by atomic mass is 16.5. The minimum absolute atomic E-state index is 0.146. The van der Waals surface area contributed by atoms with Gasteiger partial charge in [0.05, 0.1) is 0 Å². The van der Waals surface area contributed by atoms with Gasteiger partial charge in [0, 0.05) is 23.3 Å². The van der Waals surface area contributed by atoms with Gasteiger partial charge in [0.2, 0.25) is 5.91 Å². The lowest BCUT2D eigenvalue weighted by Gasteiger charge is -2.30. The van der Waals surface area contributed by atoms with Crippen molar-refractivity contribution in [2.75, 3.05) is 0 Å². The SMILES string of the molecule is CCC(CC)C(=O)NC1CCC(Oc2nc(C)cc(C)n2)CC1. The number of nitrogens with zero attached hydrogens (tertiary/aromatic N) is 2. The number of rotatable bonds is 6. The first-order chi connectivity index (χ1) is 11.0. The van der Waals surface area contributed by atoms with Gasteiger partial charge in [-0.25, -0.2) is 9.97 Å². The van der Waals surface area contributed by atoms with Crippen LogP contribution in [0.4, 0.5) is 0 Å². The zero-order chi connectivity index (χ0) is 16.8. The van der Waals surface area contributed by atoms with Crippen LogP contribution in [0.3, 0.4) is 0 Å². The van der Waals surface area contributed by atoms with E-state index in [1.807, 2.05) is 19.9 Å². The van der Waals surface area contributed by atoms with E-state index in [-0.39, 0.29) is 24.0 Å². The highest BCUT2D eigenvalue weighted by Gasteiger charge is 2.25. The van der Waals surface area contributed by atoms with Crippen molar-refractivity contribution in [3.05, 3.63) is 17.5 Å². The first-order valence-corrected chi connectivity index (χ1v) is 8.81. The summed E-state index contributed by atoms with van der Waals surface area (Å²) in [6.45, 7) is 8.04. The summed E-state index contributed by atoms with van der Waals surface area (Å²) in [6, 6.07) is 2.70. The Labute approximate surface area is 139 Å². The molecule has 1 aromatic rings. The van der Waals surface area contributed by atoms with Gasteiger partial charge in [-0.1, -0.05) is 13.8 Å². The Morgan fingerprint density at radius 2 is 1.74 bits per heavy atom. The molecule has 1 N–H and O–H groups in total. The lowest BCUT2D eigenvalue weighted by atomic mass is 9.92. The molecule has 0 saturated heterocycles. The molecule has 2 rings (SSSR count). The zero-order valence-corrected chi connectivity index (χ0v) is 14.8. The second kappa shape index (κ2) is 8.27. The van der Waals surface area contributed by atoms with Gasteiger partial charge in [0.15, 0.2) is 0 Å². The lowest BCUT2D eigenvalue weighted by molar-refractivity contribution is -0.126. The third kappa shape index (κ3) is 5.19. The van der Waals surface area contributed by atoms with Crippen LogP contribution in [0.15, 0.2) is 6.07 Å². The monoisotopic (exact) mass is 319 g/mol. The number of aryl methyl sites for hydroxylation is 2. The van der Waals surface area contributed by atoms with E-state index in [9.17, 15) is 4.79 Å². The molecule has 1 saturated carbocycles. The Morgan fingerprint density at radius 1 is 1.17 bits per heavy atom. The molecule has 5 heteroatoms. The van der Waals surface area contributed by atoms with Crippen molar-refractivity contribution in [2.45, 2.75) is 78.4 Å². The van der Waals surface area contributed by atoms with Gasteiger partial charge >= 0.3 is 6.01 Å². The summed E-state index contributed by atoms with van der Waals surface area (Å²) in [4.78, 5) is 20.8. The largest absolute Gasteiger partial charge is 0.460 e. The van der Waals surface area contributed by atoms with Crippen molar-refractivity contribution < 1.29 is 9.53 Å². The number of carbonyl (C=O) groups excluding carboxylic acids is 1. The van der Waals surface area contributed by atoms with Crippen LogP contribution in [0.25, 0.3) is 0 Å². The van der Waals surface area contributed by atoms with Crippen molar-refractivity contribution in [1.82, 2.24) is 15.3 Å². The fourth-order valence-corrected chi connectivity index (χ4v) is 3.20. The van der Waals surface area contributed by atoms with Crippen LogP contribution >= 0.6 is 0 Å². The number of hydrogen-bond acceptors (Lipinski definition) is 4. The quantitative estimate of drug-likeness (QED) is 0.873. The maximum atomic E-state index is 12.2. The molecular weight excluding hydrogens is 290 g/mol. The van der Waals surface area contributed by atoms with Crippen LogP contribution < -0.4 is 10.1 Å². The first kappa shape index (κ1) is 17.7. The summed E-state index contributed by atoms with van der Waals surface area (Å²) in [5, 5.41) is 3.20. The summed E-state index contributed by atoms with van der Waals surface area (Å²) >= 11 is 0. The van der Waals surface area contributed by atoms with Crippen LogP contribution in [0.5, 0.6) is 6.01 Å². The molecular formula is C18H29N3O2. The number of aromatic nitrogens is 2. The predicted molar refractivity (Wildman–Crippen MR) is 90.4 cm³/mol. The maximum absolute atomic E-state index is 12.2. The van der Waals surface area contributed by atoms with E-state index >= 15 is 0 Å². The Balaban J connectivity index is 1.80. The molecule has 1 fully saturated rings. The average Bonchev–Trinajstić information content (AvgIpc) is 2.49. The molecule has 1 aromatic heterocycles. The van der Waals surface area contributed by atoms with Crippen molar-refractivity contribution in [1.29, 1.82) is 0 Å².